The van der Waals surface area contributed by atoms with Gasteiger partial charge in [0.1, 0.15) is 0 Å². The second-order valence-corrected chi connectivity index (χ2v) is 3.66. The zero-order valence-electron chi connectivity index (χ0n) is 9.30. The van der Waals surface area contributed by atoms with Crippen LogP contribution in [0.15, 0.2) is 12.7 Å². The Labute approximate surface area is 81.9 Å². The Morgan fingerprint density at radius 1 is 1.38 bits per heavy atom. The maximum Gasteiger partial charge on any atom is 0.0757 e. The first kappa shape index (κ1) is 12.7. The van der Waals surface area contributed by atoms with Crippen LogP contribution in [0, 0.1) is 5.92 Å². The Balaban J connectivity index is 4.34. The Bertz CT molecular complexity index is 143. The van der Waals surface area contributed by atoms with Crippen molar-refractivity contribution in [3.05, 3.63) is 12.7 Å². The molecule has 0 radical (unpaired) electrons. The number of hydrogen-bond donors (Lipinski definition) is 0. The van der Waals surface area contributed by atoms with Crippen LogP contribution in [0.5, 0.6) is 0 Å². The van der Waals surface area contributed by atoms with E-state index in [1.54, 1.807) is 14.2 Å². The largest absolute Gasteiger partial charge is 0.385 e. The smallest absolute Gasteiger partial charge is 0.0757 e. The molecule has 0 rings (SSSR count). The summed E-state index contributed by atoms with van der Waals surface area (Å²) in [5.41, 5.74) is -0.0994. The van der Waals surface area contributed by atoms with E-state index in [0.717, 1.165) is 19.4 Å². The van der Waals surface area contributed by atoms with Crippen molar-refractivity contribution in [2.45, 2.75) is 32.3 Å². The molecule has 2 heteroatoms. The number of hydrogen-bond acceptors (Lipinski definition) is 2. The molecule has 0 saturated heterocycles. The molecule has 0 heterocycles. The van der Waals surface area contributed by atoms with Gasteiger partial charge in [0, 0.05) is 27.2 Å². The topological polar surface area (TPSA) is 18.5 Å². The molecule has 0 amide bonds. The Kier molecular flexibility index (Phi) is 6.00. The summed E-state index contributed by atoms with van der Waals surface area (Å²) in [6, 6.07) is 0. The van der Waals surface area contributed by atoms with Crippen LogP contribution in [0.3, 0.4) is 0 Å². The molecular formula is C11H22O2. The molecule has 0 aliphatic rings. The van der Waals surface area contributed by atoms with E-state index in [-0.39, 0.29) is 5.60 Å². The van der Waals surface area contributed by atoms with E-state index in [1.165, 1.54) is 0 Å². The highest BCUT2D eigenvalue weighted by Gasteiger charge is 2.31. The van der Waals surface area contributed by atoms with Crippen LogP contribution in [0.4, 0.5) is 0 Å². The molecule has 0 saturated carbocycles. The monoisotopic (exact) mass is 186 g/mol. The van der Waals surface area contributed by atoms with Crippen molar-refractivity contribution >= 4 is 0 Å². The van der Waals surface area contributed by atoms with Crippen LogP contribution in [0.1, 0.15) is 26.7 Å². The van der Waals surface area contributed by atoms with Crippen molar-refractivity contribution < 1.29 is 9.47 Å². The van der Waals surface area contributed by atoms with Crippen molar-refractivity contribution in [2.75, 3.05) is 20.8 Å². The van der Waals surface area contributed by atoms with Crippen LogP contribution >= 0.6 is 0 Å². The summed E-state index contributed by atoms with van der Waals surface area (Å²) in [5.74, 6) is 0.477. The maximum atomic E-state index is 5.59. The molecule has 0 aliphatic carbocycles. The minimum atomic E-state index is -0.0994. The van der Waals surface area contributed by atoms with Crippen LogP contribution in [0.25, 0.3) is 0 Å². The summed E-state index contributed by atoms with van der Waals surface area (Å²) in [6.45, 7) is 8.84. The van der Waals surface area contributed by atoms with Gasteiger partial charge >= 0.3 is 0 Å². The van der Waals surface area contributed by atoms with E-state index in [2.05, 4.69) is 20.4 Å². The van der Waals surface area contributed by atoms with Crippen LogP contribution in [0.2, 0.25) is 0 Å². The lowest BCUT2D eigenvalue weighted by Gasteiger charge is -2.35. The van der Waals surface area contributed by atoms with E-state index < -0.39 is 0 Å². The first-order valence-corrected chi connectivity index (χ1v) is 4.78. The number of rotatable bonds is 7. The van der Waals surface area contributed by atoms with Crippen LogP contribution in [-0.4, -0.2) is 26.4 Å². The van der Waals surface area contributed by atoms with Gasteiger partial charge < -0.3 is 9.47 Å². The summed E-state index contributed by atoms with van der Waals surface area (Å²) < 4.78 is 10.7. The summed E-state index contributed by atoms with van der Waals surface area (Å²) in [4.78, 5) is 0. The quantitative estimate of drug-likeness (QED) is 0.569. The highest BCUT2D eigenvalue weighted by molar-refractivity contribution is 4.90. The normalized spacial score (nSPS) is 15.8. The minimum Gasteiger partial charge on any atom is -0.385 e. The Hall–Kier alpha value is -0.340. The van der Waals surface area contributed by atoms with Gasteiger partial charge in [0.25, 0.3) is 0 Å². The van der Waals surface area contributed by atoms with Crippen molar-refractivity contribution in [1.82, 2.24) is 0 Å². The summed E-state index contributed by atoms with van der Waals surface area (Å²) in [7, 11) is 3.48. The van der Waals surface area contributed by atoms with Gasteiger partial charge in [-0.2, -0.15) is 0 Å². The molecule has 0 spiro atoms. The molecule has 0 aromatic heterocycles. The van der Waals surface area contributed by atoms with Crippen molar-refractivity contribution in [3.63, 3.8) is 0 Å². The molecule has 0 fully saturated rings. The highest BCUT2D eigenvalue weighted by atomic mass is 16.5. The highest BCUT2D eigenvalue weighted by Crippen LogP contribution is 2.29. The third-order valence-electron chi connectivity index (χ3n) is 2.68. The lowest BCUT2D eigenvalue weighted by Crippen LogP contribution is -2.38. The van der Waals surface area contributed by atoms with Crippen molar-refractivity contribution in [2.24, 2.45) is 5.92 Å². The molecule has 78 valence electrons. The molecule has 0 aromatic rings. The second kappa shape index (κ2) is 6.17. The maximum absolute atomic E-state index is 5.59. The van der Waals surface area contributed by atoms with E-state index in [1.807, 2.05) is 6.08 Å². The molecule has 13 heavy (non-hydrogen) atoms. The molecule has 0 N–H and O–H groups in total. The lowest BCUT2D eigenvalue weighted by molar-refractivity contribution is -0.0642. The van der Waals surface area contributed by atoms with Gasteiger partial charge in [-0.3, -0.25) is 0 Å². The lowest BCUT2D eigenvalue weighted by atomic mass is 9.84. The number of ether oxygens (including phenoxy) is 2. The minimum absolute atomic E-state index is 0.0994. The van der Waals surface area contributed by atoms with E-state index in [0.29, 0.717) is 5.92 Å². The summed E-state index contributed by atoms with van der Waals surface area (Å²) in [6.07, 6.45) is 3.72. The van der Waals surface area contributed by atoms with Crippen molar-refractivity contribution in [1.29, 1.82) is 0 Å². The Morgan fingerprint density at radius 2 is 2.00 bits per heavy atom. The first-order valence-electron chi connectivity index (χ1n) is 4.78. The Morgan fingerprint density at radius 3 is 2.31 bits per heavy atom. The fraction of sp³-hybridized carbons (Fsp3) is 0.818. The van der Waals surface area contributed by atoms with E-state index in [9.17, 15) is 0 Å². The van der Waals surface area contributed by atoms with Gasteiger partial charge in [0.2, 0.25) is 0 Å². The molecule has 1 atom stereocenters. The zero-order chi connectivity index (χ0) is 10.3. The van der Waals surface area contributed by atoms with Gasteiger partial charge in [0.15, 0.2) is 0 Å². The summed E-state index contributed by atoms with van der Waals surface area (Å²) >= 11 is 0. The average Bonchev–Trinajstić information content (AvgIpc) is 2.12. The summed E-state index contributed by atoms with van der Waals surface area (Å²) in [5, 5.41) is 0. The van der Waals surface area contributed by atoms with Gasteiger partial charge in [-0.05, 0) is 12.3 Å². The second-order valence-electron chi connectivity index (χ2n) is 3.66. The predicted molar refractivity (Wildman–Crippen MR) is 55.9 cm³/mol. The van der Waals surface area contributed by atoms with Crippen molar-refractivity contribution in [3.8, 4) is 0 Å². The molecule has 2 nitrogen and oxygen atoms in total. The van der Waals surface area contributed by atoms with Crippen LogP contribution < -0.4 is 0 Å². The first-order chi connectivity index (χ1) is 6.13. The predicted octanol–water partition coefficient (Wildman–Crippen LogP) is 2.64. The van der Waals surface area contributed by atoms with E-state index >= 15 is 0 Å². The van der Waals surface area contributed by atoms with Gasteiger partial charge in [0.05, 0.1) is 5.60 Å². The van der Waals surface area contributed by atoms with Crippen LogP contribution in [-0.2, 0) is 9.47 Å². The molecule has 0 aliphatic heterocycles. The van der Waals surface area contributed by atoms with Gasteiger partial charge in [-0.15, -0.1) is 6.58 Å². The third kappa shape index (κ3) is 3.49. The average molecular weight is 186 g/mol. The number of methoxy groups -OCH3 is 2. The fourth-order valence-corrected chi connectivity index (χ4v) is 1.57. The molecular weight excluding hydrogens is 164 g/mol. The third-order valence-corrected chi connectivity index (χ3v) is 2.68. The van der Waals surface area contributed by atoms with E-state index in [4.69, 9.17) is 9.47 Å². The SMILES string of the molecule is C=CC[C@@](CCOC)(OC)C(C)C. The molecule has 0 unspecified atom stereocenters. The molecule has 0 bridgehead atoms. The standard InChI is InChI=1S/C11H22O2/c1-6-7-11(13-5,10(2)3)8-9-12-4/h6,10H,1,7-9H2,2-5H3/t11-/m0/s1. The zero-order valence-corrected chi connectivity index (χ0v) is 9.30. The molecule has 0 aromatic carbocycles. The van der Waals surface area contributed by atoms with Gasteiger partial charge in [-0.1, -0.05) is 19.9 Å². The van der Waals surface area contributed by atoms with Gasteiger partial charge in [-0.25, -0.2) is 0 Å². The fourth-order valence-electron chi connectivity index (χ4n) is 1.57.